The molecule has 2 aromatic rings. The summed E-state index contributed by atoms with van der Waals surface area (Å²) in [7, 11) is -3.03. The van der Waals surface area contributed by atoms with Crippen LogP contribution in [0.5, 0.6) is 0 Å². The van der Waals surface area contributed by atoms with Gasteiger partial charge in [0.15, 0.2) is 0 Å². The van der Waals surface area contributed by atoms with E-state index in [-0.39, 0.29) is 31.3 Å². The summed E-state index contributed by atoms with van der Waals surface area (Å²) in [6, 6.07) is 11.7. The summed E-state index contributed by atoms with van der Waals surface area (Å²) >= 11 is 0. The van der Waals surface area contributed by atoms with E-state index in [1.54, 1.807) is 12.1 Å². The molecule has 3 rings (SSSR count). The fraction of sp³-hybridized carbons (Fsp3) is 0.586. The maximum Gasteiger partial charge on any atom is 2.00 e. The standard InChI is InChI=1S/C29H44B2O4.Mg.2H/c1-5-9-11-21(7-3)19-29(20-22(8-4)12-10-6-2)27-17-23(30(32)33)13-15-25(27)26-16-14-24(31(34)35)18-28(26)29;;;/h13-18,21-22,32-35H,5-12,19-20H2,1-4H3;;;/q;+2;2*-1. The van der Waals surface area contributed by atoms with E-state index in [9.17, 15) is 20.1 Å². The summed E-state index contributed by atoms with van der Waals surface area (Å²) in [5.74, 6) is 1.09. The molecule has 4 nitrogen and oxygen atoms in total. The van der Waals surface area contributed by atoms with Crippen molar-refractivity contribution < 1.29 is 22.9 Å². The third kappa shape index (κ3) is 6.78. The molecule has 36 heavy (non-hydrogen) atoms. The number of rotatable bonds is 14. The first-order chi connectivity index (χ1) is 16.8. The second kappa shape index (κ2) is 14.4. The first-order valence-corrected chi connectivity index (χ1v) is 13.8. The molecule has 2 atom stereocenters. The zero-order chi connectivity index (χ0) is 25.6. The minimum Gasteiger partial charge on any atom is -1.00 e. The van der Waals surface area contributed by atoms with Crippen LogP contribution in [0.3, 0.4) is 0 Å². The molecule has 0 bridgehead atoms. The summed E-state index contributed by atoms with van der Waals surface area (Å²) in [6.45, 7) is 9.04. The molecule has 0 heterocycles. The van der Waals surface area contributed by atoms with Gasteiger partial charge in [-0.05, 0) is 57.9 Å². The summed E-state index contributed by atoms with van der Waals surface area (Å²) in [5.41, 5.74) is 5.37. The van der Waals surface area contributed by atoms with Crippen molar-refractivity contribution in [3.63, 3.8) is 0 Å². The zero-order valence-corrected chi connectivity index (χ0v) is 24.3. The van der Waals surface area contributed by atoms with Crippen LogP contribution in [0.25, 0.3) is 11.1 Å². The van der Waals surface area contributed by atoms with E-state index in [2.05, 4.69) is 27.7 Å². The first-order valence-electron chi connectivity index (χ1n) is 13.8. The monoisotopic (exact) mass is 504 g/mol. The number of benzene rings is 2. The van der Waals surface area contributed by atoms with E-state index < -0.39 is 14.2 Å². The van der Waals surface area contributed by atoms with Crippen LogP contribution >= 0.6 is 0 Å². The first kappa shape index (κ1) is 31.4. The zero-order valence-electron chi connectivity index (χ0n) is 24.8. The van der Waals surface area contributed by atoms with E-state index in [4.69, 9.17) is 0 Å². The van der Waals surface area contributed by atoms with Crippen LogP contribution in [0, 0.1) is 11.8 Å². The molecule has 0 amide bonds. The van der Waals surface area contributed by atoms with Crippen LogP contribution in [0.2, 0.25) is 0 Å². The SMILES string of the molecule is CCCCC(CC)CC1(CC(CC)CCCC)c2cc(B(O)O)ccc2-c2ccc(B(O)O)cc21.[H-].[H-].[Mg+2]. The van der Waals surface area contributed by atoms with Crippen molar-refractivity contribution >= 4 is 48.2 Å². The number of fused-ring (bicyclic) bond motifs is 3. The molecular weight excluding hydrogens is 458 g/mol. The van der Waals surface area contributed by atoms with Crippen LogP contribution < -0.4 is 10.9 Å². The van der Waals surface area contributed by atoms with Gasteiger partial charge in [0, 0.05) is 5.41 Å². The molecule has 0 fully saturated rings. The van der Waals surface area contributed by atoms with Gasteiger partial charge in [0.05, 0.1) is 0 Å². The third-order valence-corrected chi connectivity index (χ3v) is 8.37. The van der Waals surface area contributed by atoms with Crippen LogP contribution in [-0.4, -0.2) is 57.4 Å². The Labute approximate surface area is 238 Å². The van der Waals surface area contributed by atoms with Gasteiger partial charge in [0.2, 0.25) is 0 Å². The fourth-order valence-corrected chi connectivity index (χ4v) is 6.25. The number of hydrogen-bond acceptors (Lipinski definition) is 4. The van der Waals surface area contributed by atoms with Gasteiger partial charge in [0.1, 0.15) is 0 Å². The Morgan fingerprint density at radius 2 is 1.08 bits per heavy atom. The summed E-state index contributed by atoms with van der Waals surface area (Å²) in [6.07, 6.45) is 11.3. The van der Waals surface area contributed by atoms with Crippen LogP contribution in [0.15, 0.2) is 36.4 Å². The molecule has 0 radical (unpaired) electrons. The Hall–Kier alpha value is -0.824. The van der Waals surface area contributed by atoms with Crippen molar-refractivity contribution in [2.75, 3.05) is 0 Å². The van der Waals surface area contributed by atoms with Crippen LogP contribution in [-0.2, 0) is 5.41 Å². The van der Waals surface area contributed by atoms with Crippen molar-refractivity contribution in [1.82, 2.24) is 0 Å². The third-order valence-electron chi connectivity index (χ3n) is 8.37. The van der Waals surface area contributed by atoms with E-state index in [1.165, 1.54) is 49.7 Å². The minimum absolute atomic E-state index is 0. The molecule has 0 saturated heterocycles. The van der Waals surface area contributed by atoms with Gasteiger partial charge in [-0.15, -0.1) is 0 Å². The Balaban J connectivity index is 0.00000456. The van der Waals surface area contributed by atoms with E-state index in [0.29, 0.717) is 22.8 Å². The maximum atomic E-state index is 10.0. The molecule has 0 saturated carbocycles. The van der Waals surface area contributed by atoms with E-state index in [1.807, 2.05) is 24.3 Å². The average Bonchev–Trinajstić information content (AvgIpc) is 3.12. The van der Waals surface area contributed by atoms with Crippen molar-refractivity contribution in [3.05, 3.63) is 47.5 Å². The molecule has 1 aliphatic rings. The van der Waals surface area contributed by atoms with Crippen LogP contribution in [0.1, 0.15) is 106 Å². The molecule has 4 N–H and O–H groups in total. The quantitative estimate of drug-likeness (QED) is 0.288. The summed E-state index contributed by atoms with van der Waals surface area (Å²) in [5, 5.41) is 40.1. The van der Waals surface area contributed by atoms with Crippen molar-refractivity contribution in [3.8, 4) is 11.1 Å². The number of hydrogen-bond donors (Lipinski definition) is 4. The topological polar surface area (TPSA) is 80.9 Å². The molecule has 1 aliphatic carbocycles. The second-order valence-corrected chi connectivity index (χ2v) is 10.7. The molecule has 0 spiro atoms. The molecule has 2 aromatic carbocycles. The van der Waals surface area contributed by atoms with Gasteiger partial charge < -0.3 is 22.9 Å². The Kier molecular flexibility index (Phi) is 12.5. The van der Waals surface area contributed by atoms with E-state index in [0.717, 1.165) is 36.8 Å². The maximum absolute atomic E-state index is 10.0. The predicted molar refractivity (Wildman–Crippen MR) is 156 cm³/mol. The Morgan fingerprint density at radius 1 is 0.694 bits per heavy atom. The summed E-state index contributed by atoms with van der Waals surface area (Å²) < 4.78 is 0. The Bertz CT molecular complexity index is 900. The average molecular weight is 505 g/mol. The molecule has 7 heteroatoms. The molecule has 0 aromatic heterocycles. The number of unbranched alkanes of at least 4 members (excludes halogenated alkanes) is 2. The Morgan fingerprint density at radius 3 is 1.39 bits per heavy atom. The fourth-order valence-electron chi connectivity index (χ4n) is 6.25. The smallest absolute Gasteiger partial charge is 1.00 e. The van der Waals surface area contributed by atoms with Crippen molar-refractivity contribution in [2.45, 2.75) is 97.3 Å². The molecule has 0 aliphatic heterocycles. The second-order valence-electron chi connectivity index (χ2n) is 10.7. The molecule has 2 unspecified atom stereocenters. The largest absolute Gasteiger partial charge is 2.00 e. The van der Waals surface area contributed by atoms with Gasteiger partial charge in [-0.1, -0.05) is 115 Å². The van der Waals surface area contributed by atoms with Gasteiger partial charge in [-0.25, -0.2) is 0 Å². The van der Waals surface area contributed by atoms with Gasteiger partial charge >= 0.3 is 37.3 Å². The van der Waals surface area contributed by atoms with E-state index >= 15 is 0 Å². The normalized spacial score (nSPS) is 15.0. The molecule has 194 valence electrons. The van der Waals surface area contributed by atoms with Gasteiger partial charge in [-0.3, -0.25) is 0 Å². The minimum atomic E-state index is -1.51. The van der Waals surface area contributed by atoms with Crippen molar-refractivity contribution in [2.24, 2.45) is 11.8 Å². The predicted octanol–water partition coefficient (Wildman–Crippen LogP) is 4.37. The van der Waals surface area contributed by atoms with Crippen molar-refractivity contribution in [1.29, 1.82) is 0 Å². The summed E-state index contributed by atoms with van der Waals surface area (Å²) in [4.78, 5) is 0. The molecular formula is C29H46B2MgO4. The van der Waals surface area contributed by atoms with Gasteiger partial charge in [-0.2, -0.15) is 0 Å². The van der Waals surface area contributed by atoms with Gasteiger partial charge in [0.25, 0.3) is 0 Å². The van der Waals surface area contributed by atoms with Crippen LogP contribution in [0.4, 0.5) is 0 Å².